The Morgan fingerprint density at radius 3 is 2.29 bits per heavy atom. The first-order valence-electron chi connectivity index (χ1n) is 7.01. The van der Waals surface area contributed by atoms with Gasteiger partial charge in [0.1, 0.15) is 11.8 Å². The lowest BCUT2D eigenvalue weighted by atomic mass is 9.95. The fraction of sp³-hybridized carbons (Fsp3) is 0.500. The summed E-state index contributed by atoms with van der Waals surface area (Å²) in [5.41, 5.74) is 4.89. The molecule has 0 aromatic heterocycles. The van der Waals surface area contributed by atoms with E-state index >= 15 is 0 Å². The van der Waals surface area contributed by atoms with Gasteiger partial charge in [-0.15, -0.1) is 0 Å². The molecule has 5 N–H and O–H groups in total. The molecule has 24 heavy (non-hydrogen) atoms. The molecule has 0 bridgehead atoms. The minimum Gasteiger partial charge on any atom is -0.508 e. The molecule has 10 heteroatoms. The van der Waals surface area contributed by atoms with Crippen molar-refractivity contribution in [1.29, 1.82) is 4.78 Å². The predicted molar refractivity (Wildman–Crippen MR) is 82.3 cm³/mol. The largest absolute Gasteiger partial charge is 0.508 e. The smallest absolute Gasteiger partial charge is 0.395 e. The van der Waals surface area contributed by atoms with Crippen LogP contribution in [0.1, 0.15) is 24.3 Å². The molecule has 0 heterocycles. The summed E-state index contributed by atoms with van der Waals surface area (Å²) in [5.74, 6) is -4.88. The molecule has 3 atom stereocenters. The van der Waals surface area contributed by atoms with E-state index in [1.807, 2.05) is 0 Å². The fourth-order valence-electron chi connectivity index (χ4n) is 2.13. The molecule has 1 rings (SSSR count). The molecule has 1 aromatic rings. The Morgan fingerprint density at radius 2 is 1.79 bits per heavy atom. The van der Waals surface area contributed by atoms with Gasteiger partial charge in [0.25, 0.3) is 0 Å². The number of carboxylic acids is 1. The quantitative estimate of drug-likeness (QED) is 0.560. The first-order valence-corrected chi connectivity index (χ1v) is 8.91. The summed E-state index contributed by atoms with van der Waals surface area (Å²) in [7, 11) is -3.41. The Kier molecular flexibility index (Phi) is 6.61. The summed E-state index contributed by atoms with van der Waals surface area (Å²) in [5, 5.41) is 18.2. The molecule has 0 radical (unpaired) electrons. The maximum Gasteiger partial charge on any atom is 0.395 e. The Morgan fingerprint density at radius 1 is 1.25 bits per heavy atom. The number of phenols is 1. The van der Waals surface area contributed by atoms with E-state index in [4.69, 9.17) is 15.6 Å². The molecule has 0 saturated heterocycles. The molecular formula is C14H19F3N2O4S. The number of aliphatic carboxylic acids is 1. The Bertz CT molecular complexity index is 677. The van der Waals surface area contributed by atoms with Crippen molar-refractivity contribution in [3.8, 4) is 5.75 Å². The van der Waals surface area contributed by atoms with Crippen LogP contribution in [-0.2, 0) is 14.5 Å². The van der Waals surface area contributed by atoms with Crippen molar-refractivity contribution in [2.45, 2.75) is 31.0 Å². The fourth-order valence-corrected chi connectivity index (χ4v) is 3.58. The van der Waals surface area contributed by atoms with Gasteiger partial charge in [0.05, 0.1) is 5.92 Å². The highest BCUT2D eigenvalue weighted by Crippen LogP contribution is 2.41. The molecule has 136 valence electrons. The van der Waals surface area contributed by atoms with Gasteiger partial charge in [-0.1, -0.05) is 18.2 Å². The molecule has 1 aromatic carbocycles. The van der Waals surface area contributed by atoms with Crippen LogP contribution >= 0.6 is 0 Å². The number of halogens is 3. The van der Waals surface area contributed by atoms with E-state index in [2.05, 4.69) is 0 Å². The number of phenolic OH excluding ortho intramolecular Hbond substituents is 1. The van der Waals surface area contributed by atoms with E-state index in [-0.39, 0.29) is 12.0 Å². The van der Waals surface area contributed by atoms with Gasteiger partial charge >= 0.3 is 12.1 Å². The molecule has 6 nitrogen and oxygen atoms in total. The number of carboxylic acid groups (broad SMARTS) is 1. The minimum atomic E-state index is -4.67. The van der Waals surface area contributed by atoms with E-state index in [0.29, 0.717) is 0 Å². The van der Waals surface area contributed by atoms with Crippen LogP contribution in [-0.4, -0.2) is 44.1 Å². The molecule has 0 amide bonds. The van der Waals surface area contributed by atoms with Crippen LogP contribution in [0.2, 0.25) is 0 Å². The van der Waals surface area contributed by atoms with E-state index < -0.39 is 57.5 Å². The third-order valence-electron chi connectivity index (χ3n) is 3.52. The number of hydrogen-bond donors (Lipinski definition) is 4. The van der Waals surface area contributed by atoms with Crippen molar-refractivity contribution >= 4 is 15.7 Å². The van der Waals surface area contributed by atoms with Crippen LogP contribution in [0.25, 0.3) is 0 Å². The number of alkyl halides is 3. The number of aromatic hydroxyl groups is 1. The number of hydrogen-bond acceptors (Lipinski definition) is 5. The summed E-state index contributed by atoms with van der Waals surface area (Å²) >= 11 is 0. The maximum atomic E-state index is 13.2. The van der Waals surface area contributed by atoms with Crippen molar-refractivity contribution in [2.75, 3.05) is 11.5 Å². The van der Waals surface area contributed by atoms with Gasteiger partial charge in [-0.2, -0.15) is 13.2 Å². The number of nitrogens with two attached hydrogens (primary N) is 1. The van der Waals surface area contributed by atoms with Crippen LogP contribution < -0.4 is 5.73 Å². The summed E-state index contributed by atoms with van der Waals surface area (Å²) < 4.78 is 59.3. The highest BCUT2D eigenvalue weighted by molar-refractivity contribution is 7.92. The number of para-hydroxylation sites is 1. The molecule has 0 aliphatic rings. The first-order chi connectivity index (χ1) is 10.9. The average molecular weight is 368 g/mol. The molecular weight excluding hydrogens is 349 g/mol. The lowest BCUT2D eigenvalue weighted by Gasteiger charge is -2.22. The molecule has 0 aliphatic heterocycles. The van der Waals surface area contributed by atoms with Gasteiger partial charge < -0.3 is 15.9 Å². The van der Waals surface area contributed by atoms with E-state index in [1.165, 1.54) is 12.1 Å². The number of nitrogens with one attached hydrogen (secondary N) is 1. The van der Waals surface area contributed by atoms with Crippen LogP contribution in [0.15, 0.2) is 24.3 Å². The lowest BCUT2D eigenvalue weighted by molar-refractivity contribution is -0.151. The monoisotopic (exact) mass is 368 g/mol. The number of carbonyl (C=O) groups is 1. The van der Waals surface area contributed by atoms with Crippen LogP contribution in [0.3, 0.4) is 0 Å². The second-order valence-electron chi connectivity index (χ2n) is 5.40. The lowest BCUT2D eigenvalue weighted by Crippen LogP contribution is -2.32. The third-order valence-corrected chi connectivity index (χ3v) is 5.31. The highest BCUT2D eigenvalue weighted by Gasteiger charge is 2.42. The van der Waals surface area contributed by atoms with Crippen molar-refractivity contribution < 1.29 is 32.4 Å². The van der Waals surface area contributed by atoms with Crippen LogP contribution in [0.5, 0.6) is 5.75 Å². The van der Waals surface area contributed by atoms with Gasteiger partial charge in [-0.3, -0.25) is 9.57 Å². The first kappa shape index (κ1) is 20.2. The SMILES string of the molecule is N=S(=O)(CCC(c1ccccc1O)C(F)(F)F)CC[C@H](N)C(=O)O. The minimum absolute atomic E-state index is 0.259. The summed E-state index contributed by atoms with van der Waals surface area (Å²) in [4.78, 5) is 10.6. The van der Waals surface area contributed by atoms with Crippen LogP contribution in [0.4, 0.5) is 13.2 Å². The van der Waals surface area contributed by atoms with Gasteiger partial charge in [-0.25, -0.2) is 4.21 Å². The number of benzene rings is 1. The zero-order chi connectivity index (χ0) is 18.5. The predicted octanol–water partition coefficient (Wildman–Crippen LogP) is 2.28. The average Bonchev–Trinajstić information content (AvgIpc) is 2.45. The second kappa shape index (κ2) is 7.84. The zero-order valence-corrected chi connectivity index (χ0v) is 13.4. The van der Waals surface area contributed by atoms with Gasteiger partial charge in [-0.05, 0) is 18.9 Å². The van der Waals surface area contributed by atoms with E-state index in [9.17, 15) is 27.3 Å². The summed E-state index contributed by atoms with van der Waals surface area (Å²) in [6, 6.07) is 3.66. The van der Waals surface area contributed by atoms with Crippen molar-refractivity contribution in [3.05, 3.63) is 29.8 Å². The summed E-state index contributed by atoms with van der Waals surface area (Å²) in [6.45, 7) is 0. The van der Waals surface area contributed by atoms with E-state index in [1.54, 1.807) is 0 Å². The maximum absolute atomic E-state index is 13.2. The summed E-state index contributed by atoms with van der Waals surface area (Å²) in [6.07, 6.45) is -5.58. The van der Waals surface area contributed by atoms with Gasteiger partial charge in [0.2, 0.25) is 0 Å². The molecule has 0 spiro atoms. The Balaban J connectivity index is 2.83. The number of rotatable bonds is 8. The standard InChI is InChI=1S/C14H19F3N2O4S/c15-14(16,17)10(9-3-1-2-4-12(9)20)5-7-24(19,23)8-6-11(18)13(21)22/h1-4,10-11,19-20H,5-8,18H2,(H,21,22)/t10?,11-,24?/m0/s1. The van der Waals surface area contributed by atoms with Gasteiger partial charge in [0.15, 0.2) is 0 Å². The highest BCUT2D eigenvalue weighted by atomic mass is 32.2. The van der Waals surface area contributed by atoms with Crippen LogP contribution in [0, 0.1) is 4.78 Å². The Hall–Kier alpha value is -1.81. The molecule has 0 aliphatic carbocycles. The third kappa shape index (κ3) is 6.00. The van der Waals surface area contributed by atoms with Crippen molar-refractivity contribution in [1.82, 2.24) is 0 Å². The molecule has 0 fully saturated rings. The van der Waals surface area contributed by atoms with Crippen molar-refractivity contribution in [2.24, 2.45) is 5.73 Å². The van der Waals surface area contributed by atoms with E-state index in [0.717, 1.165) is 12.1 Å². The van der Waals surface area contributed by atoms with Gasteiger partial charge in [0, 0.05) is 26.8 Å². The normalized spacial score (nSPS) is 17.0. The molecule has 0 saturated carbocycles. The molecule has 2 unspecified atom stereocenters. The second-order valence-corrected chi connectivity index (χ2v) is 7.84. The van der Waals surface area contributed by atoms with Crippen molar-refractivity contribution in [3.63, 3.8) is 0 Å². The topological polar surface area (TPSA) is 124 Å². The Labute approximate surface area is 137 Å². The zero-order valence-electron chi connectivity index (χ0n) is 12.6.